The van der Waals surface area contributed by atoms with Gasteiger partial charge in [-0.05, 0) is 49.9 Å². The van der Waals surface area contributed by atoms with Gasteiger partial charge in [-0.3, -0.25) is 14.6 Å². The van der Waals surface area contributed by atoms with Gasteiger partial charge in [0.05, 0.1) is 5.69 Å². The first-order valence-electron chi connectivity index (χ1n) is 8.50. The van der Waals surface area contributed by atoms with Gasteiger partial charge in [0.15, 0.2) is 0 Å². The summed E-state index contributed by atoms with van der Waals surface area (Å²) >= 11 is 0. The van der Waals surface area contributed by atoms with Crippen LogP contribution in [-0.4, -0.2) is 29.6 Å². The zero-order valence-corrected chi connectivity index (χ0v) is 14.8. The van der Waals surface area contributed by atoms with Gasteiger partial charge in [0, 0.05) is 12.5 Å². The molecule has 2 amide bonds. The average Bonchev–Trinajstić information content (AvgIpc) is 2.99. The Morgan fingerprint density at radius 1 is 1.28 bits per heavy atom. The lowest BCUT2D eigenvalue weighted by Crippen LogP contribution is -2.40. The van der Waals surface area contributed by atoms with E-state index in [4.69, 9.17) is 5.73 Å². The van der Waals surface area contributed by atoms with Crippen LogP contribution in [0.25, 0.3) is 0 Å². The van der Waals surface area contributed by atoms with E-state index in [2.05, 4.69) is 24.3 Å². The molecule has 0 aromatic heterocycles. The highest BCUT2D eigenvalue weighted by Crippen LogP contribution is 2.25. The summed E-state index contributed by atoms with van der Waals surface area (Å²) in [5, 5.41) is 8.55. The Kier molecular flexibility index (Phi) is 6.12. The fourth-order valence-corrected chi connectivity index (χ4v) is 2.66. The van der Waals surface area contributed by atoms with Crippen molar-refractivity contribution in [1.82, 2.24) is 5.32 Å². The van der Waals surface area contributed by atoms with Crippen molar-refractivity contribution in [3.63, 3.8) is 0 Å². The van der Waals surface area contributed by atoms with Crippen LogP contribution in [0.15, 0.2) is 29.4 Å². The van der Waals surface area contributed by atoms with Crippen molar-refractivity contribution in [2.75, 3.05) is 5.01 Å². The maximum atomic E-state index is 13.1. The van der Waals surface area contributed by atoms with Gasteiger partial charge < -0.3 is 11.1 Å². The minimum absolute atomic E-state index is 0.0181. The number of carbonyl (C=O) groups excluding carboxylic acids is 2. The second-order valence-electron chi connectivity index (χ2n) is 6.84. The number of benzene rings is 1. The molecule has 3 N–H and O–H groups in total. The highest BCUT2D eigenvalue weighted by Gasteiger charge is 2.35. The van der Waals surface area contributed by atoms with Crippen molar-refractivity contribution in [2.45, 2.75) is 52.1 Å². The number of halogens is 1. The molecular formula is C18H25FN4O2. The van der Waals surface area contributed by atoms with Crippen LogP contribution in [0.5, 0.6) is 0 Å². The quantitative estimate of drug-likeness (QED) is 0.792. The zero-order valence-electron chi connectivity index (χ0n) is 14.8. The van der Waals surface area contributed by atoms with E-state index in [0.717, 1.165) is 12.8 Å². The molecule has 1 aromatic carbocycles. The first-order chi connectivity index (χ1) is 11.8. The van der Waals surface area contributed by atoms with Crippen molar-refractivity contribution in [3.05, 3.63) is 30.1 Å². The van der Waals surface area contributed by atoms with E-state index in [0.29, 0.717) is 11.6 Å². The number of primary amides is 1. The Morgan fingerprint density at radius 2 is 1.92 bits per heavy atom. The summed E-state index contributed by atoms with van der Waals surface area (Å²) < 4.78 is 13.1. The van der Waals surface area contributed by atoms with E-state index in [-0.39, 0.29) is 29.9 Å². The second kappa shape index (κ2) is 8.09. The third-order valence-corrected chi connectivity index (χ3v) is 4.15. The summed E-state index contributed by atoms with van der Waals surface area (Å²) in [5.41, 5.74) is 6.21. The van der Waals surface area contributed by atoms with Crippen molar-refractivity contribution in [3.8, 4) is 0 Å². The molecule has 0 radical (unpaired) electrons. The lowest BCUT2D eigenvalue weighted by molar-refractivity contribution is -0.119. The fourth-order valence-electron chi connectivity index (χ4n) is 2.66. The summed E-state index contributed by atoms with van der Waals surface area (Å²) in [4.78, 5) is 24.1. The number of hydrogen-bond donors (Lipinski definition) is 2. The molecule has 25 heavy (non-hydrogen) atoms. The first-order valence-corrected chi connectivity index (χ1v) is 8.50. The van der Waals surface area contributed by atoms with Gasteiger partial charge in [0.1, 0.15) is 17.6 Å². The SMILES string of the molecule is CC(C)CC[C@H](C)NC(=O)C1=NN(c2ccc(F)cc2)[C@H](C(N)=O)C1. The van der Waals surface area contributed by atoms with Gasteiger partial charge >= 0.3 is 0 Å². The number of nitrogens with zero attached hydrogens (tertiary/aromatic N) is 2. The largest absolute Gasteiger partial charge is 0.368 e. The molecule has 6 nitrogen and oxygen atoms in total. The molecule has 0 fully saturated rings. The maximum Gasteiger partial charge on any atom is 0.267 e. The summed E-state index contributed by atoms with van der Waals surface area (Å²) in [6, 6.07) is 4.81. The van der Waals surface area contributed by atoms with E-state index in [1.807, 2.05) is 6.92 Å². The molecule has 2 atom stereocenters. The van der Waals surface area contributed by atoms with Gasteiger partial charge in [0.25, 0.3) is 5.91 Å². The summed E-state index contributed by atoms with van der Waals surface area (Å²) in [7, 11) is 0. The van der Waals surface area contributed by atoms with Crippen molar-refractivity contribution < 1.29 is 14.0 Å². The van der Waals surface area contributed by atoms with Gasteiger partial charge in [-0.2, -0.15) is 5.10 Å². The lowest BCUT2D eigenvalue weighted by atomic mass is 10.0. The molecule has 0 unspecified atom stereocenters. The lowest BCUT2D eigenvalue weighted by Gasteiger charge is -2.20. The molecule has 2 rings (SSSR count). The molecule has 7 heteroatoms. The minimum atomic E-state index is -0.753. The van der Waals surface area contributed by atoms with Gasteiger partial charge in [-0.15, -0.1) is 0 Å². The van der Waals surface area contributed by atoms with Crippen LogP contribution >= 0.6 is 0 Å². The van der Waals surface area contributed by atoms with Gasteiger partial charge in [-0.1, -0.05) is 13.8 Å². The molecule has 0 saturated carbocycles. The number of nitrogens with two attached hydrogens (primary N) is 1. The highest BCUT2D eigenvalue weighted by atomic mass is 19.1. The Hall–Kier alpha value is -2.44. The molecule has 0 aliphatic carbocycles. The Bertz CT molecular complexity index is 658. The number of hydrazone groups is 1. The predicted octanol–water partition coefficient (Wildman–Crippen LogP) is 2.19. The van der Waals surface area contributed by atoms with E-state index in [1.54, 1.807) is 0 Å². The van der Waals surface area contributed by atoms with Crippen LogP contribution < -0.4 is 16.1 Å². The van der Waals surface area contributed by atoms with E-state index in [1.165, 1.54) is 29.3 Å². The number of nitrogens with one attached hydrogen (secondary N) is 1. The molecule has 136 valence electrons. The Morgan fingerprint density at radius 3 is 2.48 bits per heavy atom. The molecule has 0 bridgehead atoms. The second-order valence-corrected chi connectivity index (χ2v) is 6.84. The third kappa shape index (κ3) is 5.01. The van der Waals surface area contributed by atoms with Crippen LogP contribution in [-0.2, 0) is 9.59 Å². The zero-order chi connectivity index (χ0) is 18.6. The molecular weight excluding hydrogens is 323 g/mol. The molecule has 1 aliphatic rings. The number of hydrogen-bond acceptors (Lipinski definition) is 4. The predicted molar refractivity (Wildman–Crippen MR) is 95.6 cm³/mol. The molecule has 0 spiro atoms. The number of amides is 2. The number of anilines is 1. The monoisotopic (exact) mass is 348 g/mol. The van der Waals surface area contributed by atoms with Crippen LogP contribution in [0.4, 0.5) is 10.1 Å². The number of carbonyl (C=O) groups is 2. The molecule has 1 heterocycles. The van der Waals surface area contributed by atoms with E-state index >= 15 is 0 Å². The van der Waals surface area contributed by atoms with Gasteiger partial charge in [-0.25, -0.2) is 4.39 Å². The van der Waals surface area contributed by atoms with Crippen molar-refractivity contribution in [2.24, 2.45) is 16.8 Å². The third-order valence-electron chi connectivity index (χ3n) is 4.15. The van der Waals surface area contributed by atoms with Crippen LogP contribution in [0.1, 0.15) is 40.0 Å². The van der Waals surface area contributed by atoms with Crippen LogP contribution in [0.2, 0.25) is 0 Å². The standard InChI is InChI=1S/C18H25FN4O2/c1-11(2)4-5-12(3)21-18(25)15-10-16(17(20)24)23(22-15)14-8-6-13(19)7-9-14/h6-9,11-12,16H,4-5,10H2,1-3H3,(H2,20,24)(H,21,25)/t12-,16-/m0/s1. The van der Waals surface area contributed by atoms with E-state index in [9.17, 15) is 14.0 Å². The van der Waals surface area contributed by atoms with Crippen LogP contribution in [0.3, 0.4) is 0 Å². The summed E-state index contributed by atoms with van der Waals surface area (Å²) in [5.74, 6) is -0.702. The Labute approximate surface area is 147 Å². The summed E-state index contributed by atoms with van der Waals surface area (Å²) in [6.45, 7) is 6.21. The van der Waals surface area contributed by atoms with Crippen molar-refractivity contribution in [1.29, 1.82) is 0 Å². The van der Waals surface area contributed by atoms with Crippen molar-refractivity contribution >= 4 is 23.2 Å². The fraction of sp³-hybridized carbons (Fsp3) is 0.500. The number of rotatable bonds is 7. The average molecular weight is 348 g/mol. The Balaban J connectivity index is 2.10. The first kappa shape index (κ1) is 18.9. The topological polar surface area (TPSA) is 87.8 Å². The maximum absolute atomic E-state index is 13.1. The van der Waals surface area contributed by atoms with E-state index < -0.39 is 11.9 Å². The molecule has 0 saturated heterocycles. The van der Waals surface area contributed by atoms with Gasteiger partial charge in [0.2, 0.25) is 5.91 Å². The van der Waals surface area contributed by atoms with Crippen LogP contribution in [0, 0.1) is 11.7 Å². The minimum Gasteiger partial charge on any atom is -0.368 e. The molecule has 1 aliphatic heterocycles. The smallest absolute Gasteiger partial charge is 0.267 e. The summed E-state index contributed by atoms with van der Waals surface area (Å²) in [6.07, 6.45) is 2.02. The normalized spacial score (nSPS) is 18.2. The molecule has 1 aromatic rings. The highest BCUT2D eigenvalue weighted by molar-refractivity contribution is 6.40.